The lowest BCUT2D eigenvalue weighted by Crippen LogP contribution is -2.47. The monoisotopic (exact) mass is 582 g/mol. The van der Waals surface area contributed by atoms with Crippen LogP contribution in [0.25, 0.3) is 0 Å². The van der Waals surface area contributed by atoms with Crippen molar-refractivity contribution in [3.63, 3.8) is 0 Å². The molecule has 2 saturated heterocycles. The van der Waals surface area contributed by atoms with Gasteiger partial charge in [0.1, 0.15) is 0 Å². The molecule has 15 heteroatoms. The standard InChI is InChI=1S/C23H28F6N6OS2/c24-22(25,26)20-31-32-21(37-20)34-13-11-33(12-14-34)9-2-4-19(36)35-10-1-3-17(15-35)30-16-5-7-18(8-6-16)38-23(27,28)29/h5-8,17,30H,1-4,9-15H2. The Kier molecular flexibility index (Phi) is 9.29. The number of rotatable bonds is 8. The van der Waals surface area contributed by atoms with Gasteiger partial charge in [0.25, 0.3) is 0 Å². The quantitative estimate of drug-likeness (QED) is 0.340. The Morgan fingerprint density at radius 2 is 1.74 bits per heavy atom. The van der Waals surface area contributed by atoms with Crippen molar-refractivity contribution in [1.82, 2.24) is 20.0 Å². The second-order valence-corrected chi connectivity index (χ2v) is 11.3. The van der Waals surface area contributed by atoms with Crippen molar-refractivity contribution in [2.45, 2.75) is 48.3 Å². The largest absolute Gasteiger partial charge is 0.446 e. The summed E-state index contributed by atoms with van der Waals surface area (Å²) in [7, 11) is 0. The fourth-order valence-electron chi connectivity index (χ4n) is 4.54. The zero-order valence-electron chi connectivity index (χ0n) is 20.4. The first-order chi connectivity index (χ1) is 18.0. The fourth-order valence-corrected chi connectivity index (χ4v) is 5.85. The number of carbonyl (C=O) groups is 1. The molecule has 2 aromatic rings. The van der Waals surface area contributed by atoms with Crippen molar-refractivity contribution in [3.8, 4) is 0 Å². The van der Waals surface area contributed by atoms with E-state index in [1.165, 1.54) is 12.1 Å². The van der Waals surface area contributed by atoms with Gasteiger partial charge in [-0.05, 0) is 61.8 Å². The molecule has 210 valence electrons. The molecule has 0 bridgehead atoms. The molecule has 0 radical (unpaired) electrons. The number of benzene rings is 1. The number of nitrogens with one attached hydrogen (secondary N) is 1. The topological polar surface area (TPSA) is 64.6 Å². The number of amides is 1. The number of halogens is 6. The molecular formula is C23H28F6N6OS2. The maximum absolute atomic E-state index is 12.8. The van der Waals surface area contributed by atoms with E-state index in [2.05, 4.69) is 20.4 Å². The van der Waals surface area contributed by atoms with Crippen LogP contribution in [-0.4, -0.2) is 83.3 Å². The van der Waals surface area contributed by atoms with Gasteiger partial charge < -0.3 is 15.1 Å². The molecule has 1 amide bonds. The Labute approximate surface area is 224 Å². The van der Waals surface area contributed by atoms with E-state index in [4.69, 9.17) is 0 Å². The number of alkyl halides is 6. The summed E-state index contributed by atoms with van der Waals surface area (Å²) < 4.78 is 75.8. The summed E-state index contributed by atoms with van der Waals surface area (Å²) in [4.78, 5) is 18.7. The molecule has 7 nitrogen and oxygen atoms in total. The van der Waals surface area contributed by atoms with E-state index >= 15 is 0 Å². The highest BCUT2D eigenvalue weighted by atomic mass is 32.2. The van der Waals surface area contributed by atoms with Gasteiger partial charge in [0.2, 0.25) is 16.0 Å². The first-order valence-corrected chi connectivity index (χ1v) is 13.9. The molecule has 4 rings (SSSR count). The number of aromatic nitrogens is 2. The molecule has 0 spiro atoms. The molecule has 1 N–H and O–H groups in total. The third-order valence-electron chi connectivity index (χ3n) is 6.40. The third kappa shape index (κ3) is 8.37. The highest BCUT2D eigenvalue weighted by Crippen LogP contribution is 2.37. The van der Waals surface area contributed by atoms with Crippen LogP contribution in [-0.2, 0) is 11.0 Å². The number of piperazine rings is 1. The van der Waals surface area contributed by atoms with E-state index in [1.807, 2.05) is 4.90 Å². The van der Waals surface area contributed by atoms with Crippen LogP contribution in [0.2, 0.25) is 0 Å². The Morgan fingerprint density at radius 3 is 2.37 bits per heavy atom. The summed E-state index contributed by atoms with van der Waals surface area (Å²) in [6, 6.07) is 6.13. The van der Waals surface area contributed by atoms with E-state index in [9.17, 15) is 31.1 Å². The van der Waals surface area contributed by atoms with Crippen molar-refractivity contribution in [3.05, 3.63) is 29.3 Å². The molecule has 3 heterocycles. The molecule has 1 aromatic heterocycles. The Bertz CT molecular complexity index is 1060. The molecule has 38 heavy (non-hydrogen) atoms. The van der Waals surface area contributed by atoms with Crippen molar-refractivity contribution < 1.29 is 31.1 Å². The number of nitrogens with zero attached hydrogens (tertiary/aromatic N) is 5. The van der Waals surface area contributed by atoms with Crippen LogP contribution >= 0.6 is 23.1 Å². The Morgan fingerprint density at radius 1 is 1.03 bits per heavy atom. The van der Waals surface area contributed by atoms with Crippen molar-refractivity contribution in [2.24, 2.45) is 0 Å². The minimum atomic E-state index is -4.49. The first kappa shape index (κ1) is 28.7. The Hall–Kier alpha value is -2.26. The van der Waals surface area contributed by atoms with Crippen LogP contribution in [0, 0.1) is 0 Å². The molecule has 2 aliphatic heterocycles. The second kappa shape index (κ2) is 12.3. The Balaban J connectivity index is 1.16. The van der Waals surface area contributed by atoms with Gasteiger partial charge >= 0.3 is 11.7 Å². The molecule has 1 aromatic carbocycles. The lowest BCUT2D eigenvalue weighted by Gasteiger charge is -2.35. The molecule has 0 saturated carbocycles. The van der Waals surface area contributed by atoms with Crippen LogP contribution in [0.3, 0.4) is 0 Å². The van der Waals surface area contributed by atoms with Crippen LogP contribution in [0.1, 0.15) is 30.7 Å². The summed E-state index contributed by atoms with van der Waals surface area (Å²) in [5, 5.41) is 9.57. The number of likely N-dealkylation sites (tertiary alicyclic amines) is 1. The van der Waals surface area contributed by atoms with Crippen LogP contribution in [0.4, 0.5) is 37.2 Å². The summed E-state index contributed by atoms with van der Waals surface area (Å²) in [6.45, 7) is 4.39. The smallest absolute Gasteiger partial charge is 0.381 e. The van der Waals surface area contributed by atoms with Crippen LogP contribution < -0.4 is 10.2 Å². The van der Waals surface area contributed by atoms with Gasteiger partial charge in [-0.2, -0.15) is 26.3 Å². The minimum absolute atomic E-state index is 0.0279. The highest BCUT2D eigenvalue weighted by Gasteiger charge is 2.36. The van der Waals surface area contributed by atoms with Crippen molar-refractivity contribution in [1.29, 1.82) is 0 Å². The van der Waals surface area contributed by atoms with Gasteiger partial charge in [-0.15, -0.1) is 10.2 Å². The lowest BCUT2D eigenvalue weighted by molar-refractivity contribution is -0.138. The van der Waals surface area contributed by atoms with Crippen LogP contribution in [0.5, 0.6) is 0 Å². The summed E-state index contributed by atoms with van der Waals surface area (Å²) in [6.07, 6.45) is -1.69. The second-order valence-electron chi connectivity index (χ2n) is 9.22. The predicted octanol–water partition coefficient (Wildman–Crippen LogP) is 5.17. The van der Waals surface area contributed by atoms with Gasteiger partial charge in [-0.1, -0.05) is 11.3 Å². The number of thioether (sulfide) groups is 1. The maximum atomic E-state index is 12.8. The fraction of sp³-hybridized carbons (Fsp3) is 0.609. The van der Waals surface area contributed by atoms with Gasteiger partial charge in [0, 0.05) is 62.3 Å². The normalized spacial score (nSPS) is 19.6. The lowest BCUT2D eigenvalue weighted by atomic mass is 10.0. The highest BCUT2D eigenvalue weighted by molar-refractivity contribution is 8.00. The van der Waals surface area contributed by atoms with E-state index < -0.39 is 16.7 Å². The third-order valence-corrected chi connectivity index (χ3v) is 8.17. The predicted molar refractivity (Wildman–Crippen MR) is 134 cm³/mol. The van der Waals surface area contributed by atoms with Gasteiger partial charge in [0.05, 0.1) is 0 Å². The van der Waals surface area contributed by atoms with E-state index in [-0.39, 0.29) is 33.7 Å². The average Bonchev–Trinajstić information content (AvgIpc) is 3.36. The van der Waals surface area contributed by atoms with E-state index in [1.54, 1.807) is 17.0 Å². The molecule has 2 aliphatic rings. The number of hydrogen-bond donors (Lipinski definition) is 1. The number of anilines is 2. The summed E-state index contributed by atoms with van der Waals surface area (Å²) >= 11 is 0.401. The number of carbonyl (C=O) groups excluding carboxylic acids is 1. The van der Waals surface area contributed by atoms with Gasteiger partial charge in [-0.25, -0.2) is 0 Å². The maximum Gasteiger partial charge on any atom is 0.446 e. The molecule has 1 atom stereocenters. The van der Waals surface area contributed by atoms with Crippen molar-refractivity contribution in [2.75, 3.05) is 56.0 Å². The zero-order valence-corrected chi connectivity index (χ0v) is 22.0. The molecule has 1 unspecified atom stereocenters. The number of hydrogen-bond acceptors (Lipinski definition) is 8. The van der Waals surface area contributed by atoms with E-state index in [0.717, 1.165) is 25.1 Å². The average molecular weight is 583 g/mol. The van der Waals surface area contributed by atoms with Gasteiger partial charge in [-0.3, -0.25) is 9.69 Å². The summed E-state index contributed by atoms with van der Waals surface area (Å²) in [5.74, 6) is 0.0700. The molecule has 0 aliphatic carbocycles. The summed E-state index contributed by atoms with van der Waals surface area (Å²) in [5.41, 5.74) is -3.60. The zero-order chi connectivity index (χ0) is 27.3. The minimum Gasteiger partial charge on any atom is -0.381 e. The first-order valence-electron chi connectivity index (χ1n) is 12.2. The van der Waals surface area contributed by atoms with Crippen LogP contribution in [0.15, 0.2) is 29.2 Å². The number of piperidine rings is 1. The van der Waals surface area contributed by atoms with Crippen molar-refractivity contribution >= 4 is 39.8 Å². The molecular weight excluding hydrogens is 554 g/mol. The van der Waals surface area contributed by atoms with Gasteiger partial charge in [0.15, 0.2) is 0 Å². The molecule has 2 fully saturated rings. The van der Waals surface area contributed by atoms with E-state index in [0.29, 0.717) is 63.4 Å². The SMILES string of the molecule is O=C(CCCN1CCN(c2nnc(C(F)(F)F)s2)CC1)N1CCCC(Nc2ccc(SC(F)(F)F)cc2)C1.